The molecule has 0 aliphatic carbocycles. The lowest BCUT2D eigenvalue weighted by Crippen LogP contribution is -2.31. The Hall–Kier alpha value is -2.67. The van der Waals surface area contributed by atoms with E-state index in [9.17, 15) is 4.79 Å². The summed E-state index contributed by atoms with van der Waals surface area (Å²) in [5, 5.41) is 6.89. The van der Waals surface area contributed by atoms with E-state index in [1.165, 1.54) is 6.42 Å². The number of imidazole rings is 1. The van der Waals surface area contributed by atoms with Gasteiger partial charge in [-0.15, -0.1) is 0 Å². The lowest BCUT2D eigenvalue weighted by atomic mass is 10.0. The normalized spacial score (nSPS) is 16.0. The van der Waals surface area contributed by atoms with Crippen molar-refractivity contribution in [3.8, 4) is 11.3 Å². The molecule has 2 aromatic rings. The molecule has 0 radical (unpaired) electrons. The van der Waals surface area contributed by atoms with Gasteiger partial charge in [0.05, 0.1) is 11.8 Å². The van der Waals surface area contributed by atoms with Gasteiger partial charge in [-0.2, -0.15) is 0 Å². The highest BCUT2D eigenvalue weighted by atomic mass is 16.5. The topological polar surface area (TPSA) is 95.5 Å². The van der Waals surface area contributed by atoms with Crippen molar-refractivity contribution < 1.29 is 19.4 Å². The highest BCUT2D eigenvalue weighted by Gasteiger charge is 2.18. The molecule has 1 unspecified atom stereocenters. The minimum absolute atomic E-state index is 0.0440. The number of aromatic amines is 1. The Labute approximate surface area is 165 Å². The first-order valence-electron chi connectivity index (χ1n) is 9.54. The predicted octanol–water partition coefficient (Wildman–Crippen LogP) is 3.43. The first-order chi connectivity index (χ1) is 13.5. The minimum Gasteiger partial charge on any atom is -0.483 e. The van der Waals surface area contributed by atoms with E-state index in [4.69, 9.17) is 14.6 Å². The van der Waals surface area contributed by atoms with Gasteiger partial charge in [-0.25, -0.2) is 4.98 Å². The highest BCUT2D eigenvalue weighted by molar-refractivity contribution is 5.95. The smallest absolute Gasteiger partial charge is 0.290 e. The van der Waals surface area contributed by atoms with Crippen LogP contribution in [0.1, 0.15) is 47.6 Å². The number of aromatic nitrogens is 2. The second-order valence-corrected chi connectivity index (χ2v) is 6.99. The van der Waals surface area contributed by atoms with Crippen LogP contribution >= 0.6 is 0 Å². The van der Waals surface area contributed by atoms with Crippen LogP contribution in [-0.4, -0.2) is 58.7 Å². The summed E-state index contributed by atoms with van der Waals surface area (Å²) in [6.45, 7) is 5.26. The van der Waals surface area contributed by atoms with Crippen LogP contribution in [0.15, 0.2) is 24.3 Å². The first kappa shape index (κ1) is 21.6. The van der Waals surface area contributed by atoms with Gasteiger partial charge in [0.1, 0.15) is 5.82 Å². The van der Waals surface area contributed by atoms with Crippen molar-refractivity contribution in [2.75, 3.05) is 20.2 Å². The van der Waals surface area contributed by atoms with Gasteiger partial charge in [-0.05, 0) is 51.7 Å². The number of carbonyl (C=O) groups excluding carboxylic acids is 1. The van der Waals surface area contributed by atoms with E-state index < -0.39 is 0 Å². The zero-order valence-electron chi connectivity index (χ0n) is 16.8. The number of hydrogen-bond donors (Lipinski definition) is 2. The van der Waals surface area contributed by atoms with Crippen LogP contribution in [0.5, 0.6) is 0 Å². The third-order valence-electron chi connectivity index (χ3n) is 4.79. The Morgan fingerprint density at radius 1 is 1.39 bits per heavy atom. The Bertz CT molecular complexity index is 782. The van der Waals surface area contributed by atoms with Crippen LogP contribution in [0.4, 0.5) is 0 Å². The Morgan fingerprint density at radius 3 is 2.75 bits per heavy atom. The Balaban J connectivity index is 0.000000878. The molecule has 0 saturated carbocycles. The number of carboxylic acid groups (broad SMARTS) is 1. The van der Waals surface area contributed by atoms with E-state index in [-0.39, 0.29) is 12.4 Å². The molecule has 1 aromatic heterocycles. The molecule has 0 bridgehead atoms. The van der Waals surface area contributed by atoms with Gasteiger partial charge in [0.15, 0.2) is 0 Å². The largest absolute Gasteiger partial charge is 0.483 e. The summed E-state index contributed by atoms with van der Waals surface area (Å²) < 4.78 is 5.76. The average Bonchev–Trinajstić information content (AvgIpc) is 3.05. The van der Waals surface area contributed by atoms with Gasteiger partial charge >= 0.3 is 0 Å². The summed E-state index contributed by atoms with van der Waals surface area (Å²) >= 11 is 0. The lowest BCUT2D eigenvalue weighted by Gasteiger charge is -2.25. The predicted molar refractivity (Wildman–Crippen MR) is 107 cm³/mol. The molecule has 1 atom stereocenters. The van der Waals surface area contributed by atoms with Crippen molar-refractivity contribution in [2.45, 2.75) is 45.6 Å². The molecular weight excluding hydrogens is 358 g/mol. The lowest BCUT2D eigenvalue weighted by molar-refractivity contribution is -0.122. The molecule has 7 nitrogen and oxygen atoms in total. The van der Waals surface area contributed by atoms with E-state index in [2.05, 4.69) is 9.97 Å². The maximum absolute atomic E-state index is 12.7. The number of ether oxygens (including phenoxy) is 1. The standard InChI is InChI=1S/C20H27N3O2.CH2O2/c1-14-19(22-15(2)21-14)16-7-6-8-17(13-16)20(24)23(3)11-10-18-9-4-5-12-25-18;2-1-3/h6-8,13,18H,4-5,9-12H2,1-3H3,(H,21,22);1H,(H,2,3). The van der Waals surface area contributed by atoms with Crippen molar-refractivity contribution in [1.29, 1.82) is 0 Å². The van der Waals surface area contributed by atoms with E-state index in [1.807, 2.05) is 45.2 Å². The van der Waals surface area contributed by atoms with Crippen molar-refractivity contribution in [3.05, 3.63) is 41.3 Å². The average molecular weight is 387 g/mol. The minimum atomic E-state index is -0.250. The maximum atomic E-state index is 12.7. The van der Waals surface area contributed by atoms with Crippen molar-refractivity contribution in [3.63, 3.8) is 0 Å². The Morgan fingerprint density at radius 2 is 2.14 bits per heavy atom. The fraction of sp³-hybridized carbons (Fsp3) is 0.476. The van der Waals surface area contributed by atoms with Gasteiger partial charge in [0.2, 0.25) is 0 Å². The molecule has 2 N–H and O–H groups in total. The number of rotatable bonds is 5. The van der Waals surface area contributed by atoms with Gasteiger partial charge in [0.25, 0.3) is 12.4 Å². The molecule has 1 saturated heterocycles. The van der Waals surface area contributed by atoms with Crippen LogP contribution in [0.25, 0.3) is 11.3 Å². The molecule has 1 aromatic carbocycles. The second-order valence-electron chi connectivity index (χ2n) is 6.99. The van der Waals surface area contributed by atoms with E-state index in [0.29, 0.717) is 18.2 Å². The first-order valence-corrected chi connectivity index (χ1v) is 9.54. The molecule has 28 heavy (non-hydrogen) atoms. The number of aryl methyl sites for hydroxylation is 2. The molecule has 3 rings (SSSR count). The number of benzene rings is 1. The Kier molecular flexibility index (Phi) is 8.19. The number of hydrogen-bond acceptors (Lipinski definition) is 4. The van der Waals surface area contributed by atoms with Gasteiger partial charge in [0, 0.05) is 37.0 Å². The number of nitrogens with one attached hydrogen (secondary N) is 1. The van der Waals surface area contributed by atoms with Crippen LogP contribution in [0.2, 0.25) is 0 Å². The molecule has 1 amide bonds. The number of amides is 1. The molecular formula is C21H29N3O4. The molecule has 7 heteroatoms. The summed E-state index contributed by atoms with van der Waals surface area (Å²) in [6.07, 6.45) is 4.69. The number of H-pyrrole nitrogens is 1. The fourth-order valence-electron chi connectivity index (χ4n) is 3.39. The molecule has 1 fully saturated rings. The fourth-order valence-corrected chi connectivity index (χ4v) is 3.39. The zero-order valence-corrected chi connectivity index (χ0v) is 16.8. The van der Waals surface area contributed by atoms with E-state index in [0.717, 1.165) is 48.6 Å². The monoisotopic (exact) mass is 387 g/mol. The molecule has 1 aliphatic rings. The van der Waals surface area contributed by atoms with Gasteiger partial charge in [-0.1, -0.05) is 12.1 Å². The molecule has 0 spiro atoms. The van der Waals surface area contributed by atoms with Crippen LogP contribution in [0, 0.1) is 13.8 Å². The summed E-state index contributed by atoms with van der Waals surface area (Å²) in [6, 6.07) is 7.71. The van der Waals surface area contributed by atoms with Crippen LogP contribution in [-0.2, 0) is 9.53 Å². The highest BCUT2D eigenvalue weighted by Crippen LogP contribution is 2.23. The third kappa shape index (κ3) is 5.92. The SMILES string of the molecule is Cc1nc(-c2cccc(C(=O)N(C)CCC3CCCCO3)c2)c(C)[nH]1.O=CO. The van der Waals surface area contributed by atoms with Crippen molar-refractivity contribution in [1.82, 2.24) is 14.9 Å². The van der Waals surface area contributed by atoms with Crippen LogP contribution in [0.3, 0.4) is 0 Å². The van der Waals surface area contributed by atoms with Crippen LogP contribution < -0.4 is 0 Å². The summed E-state index contributed by atoms with van der Waals surface area (Å²) in [7, 11) is 1.86. The van der Waals surface area contributed by atoms with Crippen molar-refractivity contribution in [2.24, 2.45) is 0 Å². The summed E-state index contributed by atoms with van der Waals surface area (Å²) in [5.74, 6) is 0.927. The summed E-state index contributed by atoms with van der Waals surface area (Å²) in [4.78, 5) is 30.6. The number of carbonyl (C=O) groups is 2. The van der Waals surface area contributed by atoms with E-state index in [1.54, 1.807) is 4.90 Å². The molecule has 2 heterocycles. The number of nitrogens with zero attached hydrogens (tertiary/aromatic N) is 2. The quantitative estimate of drug-likeness (QED) is 0.767. The second kappa shape index (κ2) is 10.6. The molecule has 152 valence electrons. The van der Waals surface area contributed by atoms with E-state index >= 15 is 0 Å². The van der Waals surface area contributed by atoms with Gasteiger partial charge < -0.3 is 19.7 Å². The van der Waals surface area contributed by atoms with Gasteiger partial charge in [-0.3, -0.25) is 9.59 Å². The third-order valence-corrected chi connectivity index (χ3v) is 4.79. The maximum Gasteiger partial charge on any atom is 0.290 e. The molecule has 1 aliphatic heterocycles. The van der Waals surface area contributed by atoms with Crippen molar-refractivity contribution >= 4 is 12.4 Å². The zero-order chi connectivity index (χ0) is 20.5. The summed E-state index contributed by atoms with van der Waals surface area (Å²) in [5.41, 5.74) is 3.59.